The highest BCUT2D eigenvalue weighted by Gasteiger charge is 2.67. The van der Waals surface area contributed by atoms with E-state index in [1.54, 1.807) is 18.2 Å². The molecule has 0 spiro atoms. The molecule has 3 rings (SSSR count). The fraction of sp³-hybridized carbons (Fsp3) is 0.364. The van der Waals surface area contributed by atoms with Gasteiger partial charge in [0.25, 0.3) is 5.91 Å². The van der Waals surface area contributed by atoms with E-state index < -0.39 is 40.8 Å². The number of amides is 2. The Morgan fingerprint density at radius 1 is 1.03 bits per heavy atom. The maximum Gasteiger partial charge on any atom is 0.411 e. The zero-order valence-electron chi connectivity index (χ0n) is 17.7. The number of carbonyl (C=O) groups excluding carboxylic acids is 2. The number of nitrogens with one attached hydrogen (secondary N) is 2. The molecular formula is C22H18Cl5F3N2O3. The number of ether oxygens (including phenoxy) is 1. The third kappa shape index (κ3) is 7.54. The summed E-state index contributed by atoms with van der Waals surface area (Å²) in [6, 6.07) is 9.10. The number of anilines is 1. The highest BCUT2D eigenvalue weighted by Crippen LogP contribution is 2.65. The lowest BCUT2D eigenvalue weighted by Gasteiger charge is -2.11. The molecule has 0 saturated heterocycles. The van der Waals surface area contributed by atoms with Gasteiger partial charge in [-0.2, -0.15) is 13.2 Å². The molecule has 0 aliphatic heterocycles. The van der Waals surface area contributed by atoms with E-state index in [9.17, 15) is 22.8 Å². The van der Waals surface area contributed by atoms with Crippen molar-refractivity contribution in [3.8, 4) is 0 Å². The summed E-state index contributed by atoms with van der Waals surface area (Å²) < 4.78 is 39.3. The first kappa shape index (κ1) is 28.2. The van der Waals surface area contributed by atoms with Gasteiger partial charge in [-0.3, -0.25) is 9.59 Å². The monoisotopic (exact) mass is 590 g/mol. The van der Waals surface area contributed by atoms with Crippen molar-refractivity contribution < 1.29 is 27.5 Å². The third-order valence-corrected chi connectivity index (χ3v) is 6.78. The molecule has 1 aliphatic rings. The fourth-order valence-electron chi connectivity index (χ4n) is 3.48. The van der Waals surface area contributed by atoms with Crippen molar-refractivity contribution in [2.24, 2.45) is 5.92 Å². The zero-order chi connectivity index (χ0) is 26.0. The molecule has 1 fully saturated rings. The van der Waals surface area contributed by atoms with Crippen molar-refractivity contribution in [3.63, 3.8) is 0 Å². The Labute approximate surface area is 224 Å². The highest BCUT2D eigenvalue weighted by molar-refractivity contribution is 6.53. The van der Waals surface area contributed by atoms with E-state index in [1.807, 2.05) is 0 Å². The Kier molecular flexibility index (Phi) is 9.10. The number of halogens is 8. The van der Waals surface area contributed by atoms with Gasteiger partial charge in [0.15, 0.2) is 0 Å². The molecule has 0 heterocycles. The van der Waals surface area contributed by atoms with Crippen molar-refractivity contribution >= 4 is 75.5 Å². The predicted octanol–water partition coefficient (Wildman–Crippen LogP) is 6.87. The number of hydrogen-bond acceptors (Lipinski definition) is 3. The maximum absolute atomic E-state index is 12.9. The molecule has 0 bridgehead atoms. The van der Waals surface area contributed by atoms with Gasteiger partial charge >= 0.3 is 6.18 Å². The molecule has 2 aromatic rings. The number of hydrogen-bond donors (Lipinski definition) is 2. The largest absolute Gasteiger partial charge is 0.411 e. The summed E-state index contributed by atoms with van der Waals surface area (Å²) >= 11 is 30.9. The summed E-state index contributed by atoms with van der Waals surface area (Å²) in [6.45, 7) is -1.47. The molecular weight excluding hydrogens is 575 g/mol. The van der Waals surface area contributed by atoms with E-state index in [1.165, 1.54) is 18.2 Å². The van der Waals surface area contributed by atoms with Gasteiger partial charge in [0, 0.05) is 34.8 Å². The molecule has 190 valence electrons. The molecule has 35 heavy (non-hydrogen) atoms. The summed E-state index contributed by atoms with van der Waals surface area (Å²) in [6.07, 6.45) is -4.24. The first-order valence-corrected chi connectivity index (χ1v) is 12.1. The summed E-state index contributed by atoms with van der Waals surface area (Å²) in [7, 11) is 0. The molecule has 2 atom stereocenters. The second kappa shape index (κ2) is 11.3. The summed E-state index contributed by atoms with van der Waals surface area (Å²) in [5.41, 5.74) is 0.956. The topological polar surface area (TPSA) is 67.4 Å². The van der Waals surface area contributed by atoms with Crippen LogP contribution in [-0.2, 0) is 9.53 Å². The Morgan fingerprint density at radius 3 is 2.31 bits per heavy atom. The van der Waals surface area contributed by atoms with Crippen LogP contribution < -0.4 is 10.6 Å². The van der Waals surface area contributed by atoms with Gasteiger partial charge in [-0.05, 0) is 48.4 Å². The number of benzene rings is 2. The van der Waals surface area contributed by atoms with Gasteiger partial charge in [-0.1, -0.05) is 34.8 Å². The minimum absolute atomic E-state index is 0.0660. The van der Waals surface area contributed by atoms with Gasteiger partial charge < -0.3 is 15.4 Å². The van der Waals surface area contributed by atoms with Gasteiger partial charge in [0.05, 0.1) is 16.5 Å². The molecule has 2 amide bonds. The average molecular weight is 593 g/mol. The minimum Gasteiger partial charge on any atom is -0.372 e. The van der Waals surface area contributed by atoms with Gasteiger partial charge in [0.2, 0.25) is 5.91 Å². The second-order valence-electron chi connectivity index (χ2n) is 7.79. The van der Waals surface area contributed by atoms with Gasteiger partial charge in [-0.25, -0.2) is 0 Å². The summed E-state index contributed by atoms with van der Waals surface area (Å²) in [5, 5.41) is 6.09. The molecule has 13 heteroatoms. The highest BCUT2D eigenvalue weighted by atomic mass is 35.5. The Morgan fingerprint density at radius 2 is 1.69 bits per heavy atom. The standard InChI is InChI=1S/C22H18Cl5F3N2O3/c23-12-6-11(7-13(24)8-12)17-18(22(17,26)27)20(34)32-14-2-3-16(25)15(9-14)19(33)31-4-1-5-35-10-21(28,29)30/h2-3,6-9,17-18H,1,4-5,10H2,(H,31,33)(H,32,34)/t17-,18+/m1/s1. The molecule has 0 unspecified atom stereocenters. The van der Waals surface area contributed by atoms with Gasteiger partial charge in [0.1, 0.15) is 10.9 Å². The minimum atomic E-state index is -4.41. The zero-order valence-corrected chi connectivity index (χ0v) is 21.5. The van der Waals surface area contributed by atoms with Crippen molar-refractivity contribution in [2.45, 2.75) is 22.8 Å². The van der Waals surface area contributed by atoms with Crippen molar-refractivity contribution in [1.29, 1.82) is 0 Å². The Bertz CT molecular complexity index is 1090. The first-order valence-electron chi connectivity index (χ1n) is 10.2. The second-order valence-corrected chi connectivity index (χ2v) is 10.5. The molecule has 2 N–H and O–H groups in total. The van der Waals surface area contributed by atoms with Gasteiger partial charge in [-0.15, -0.1) is 23.2 Å². The first-order chi connectivity index (χ1) is 16.3. The van der Waals surface area contributed by atoms with Crippen LogP contribution in [0.2, 0.25) is 15.1 Å². The fourth-order valence-corrected chi connectivity index (χ4v) is 5.05. The van der Waals surface area contributed by atoms with E-state index in [2.05, 4.69) is 15.4 Å². The summed E-state index contributed by atoms with van der Waals surface area (Å²) in [5.74, 6) is -2.39. The van der Waals surface area contributed by atoms with Crippen LogP contribution in [0.15, 0.2) is 36.4 Å². The smallest absolute Gasteiger partial charge is 0.372 e. The predicted molar refractivity (Wildman–Crippen MR) is 131 cm³/mol. The quantitative estimate of drug-likeness (QED) is 0.247. The number of carbonyl (C=O) groups is 2. The molecule has 2 aromatic carbocycles. The van der Waals surface area contributed by atoms with Crippen LogP contribution >= 0.6 is 58.0 Å². The molecule has 1 saturated carbocycles. The maximum atomic E-state index is 12.9. The van der Waals surface area contributed by atoms with E-state index in [0.717, 1.165) is 0 Å². The normalized spacial score (nSPS) is 18.7. The van der Waals surface area contributed by atoms with E-state index >= 15 is 0 Å². The van der Waals surface area contributed by atoms with Crippen molar-refractivity contribution in [1.82, 2.24) is 5.32 Å². The van der Waals surface area contributed by atoms with E-state index in [4.69, 9.17) is 58.0 Å². The van der Waals surface area contributed by atoms with Crippen molar-refractivity contribution in [3.05, 3.63) is 62.6 Å². The van der Waals surface area contributed by atoms with Crippen LogP contribution in [0.4, 0.5) is 18.9 Å². The lowest BCUT2D eigenvalue weighted by molar-refractivity contribution is -0.173. The molecule has 1 aliphatic carbocycles. The van der Waals surface area contributed by atoms with Crippen LogP contribution in [0.3, 0.4) is 0 Å². The van der Waals surface area contributed by atoms with Crippen LogP contribution in [0, 0.1) is 5.92 Å². The van der Waals surface area contributed by atoms with Crippen LogP contribution in [0.25, 0.3) is 0 Å². The number of rotatable bonds is 9. The van der Waals surface area contributed by atoms with Crippen LogP contribution in [0.1, 0.15) is 28.3 Å². The SMILES string of the molecule is O=C(NCCCOCC(F)(F)F)c1cc(NC(=O)[C@@H]2[C@@H](c3cc(Cl)cc(Cl)c3)C2(Cl)Cl)ccc1Cl. The van der Waals surface area contributed by atoms with Crippen LogP contribution in [-0.4, -0.2) is 42.1 Å². The van der Waals surface area contributed by atoms with E-state index in [0.29, 0.717) is 15.6 Å². The molecule has 0 aromatic heterocycles. The molecule has 5 nitrogen and oxygen atoms in total. The Hall–Kier alpha value is -1.42. The molecule has 0 radical (unpaired) electrons. The van der Waals surface area contributed by atoms with Crippen LogP contribution in [0.5, 0.6) is 0 Å². The van der Waals surface area contributed by atoms with Crippen molar-refractivity contribution in [2.75, 3.05) is 25.1 Å². The Balaban J connectivity index is 1.59. The van der Waals surface area contributed by atoms with E-state index in [-0.39, 0.29) is 35.8 Å². The lowest BCUT2D eigenvalue weighted by atomic mass is 10.1. The third-order valence-electron chi connectivity index (χ3n) is 5.08. The average Bonchev–Trinajstić information content (AvgIpc) is 3.32. The number of alkyl halides is 5. The lowest BCUT2D eigenvalue weighted by Crippen LogP contribution is -2.26. The summed E-state index contributed by atoms with van der Waals surface area (Å²) in [4.78, 5) is 25.3.